The molecule has 1 aromatic heterocycles. The summed E-state index contributed by atoms with van der Waals surface area (Å²) in [6.07, 6.45) is 5.22. The molecule has 3 rings (SSSR count). The van der Waals surface area contributed by atoms with E-state index in [-0.39, 0.29) is 0 Å². The molecule has 1 saturated heterocycles. The molecule has 1 aliphatic heterocycles. The third-order valence-corrected chi connectivity index (χ3v) is 6.13. The SMILES string of the molecule is CCC1(C)CCN(CCc2c(C)n(C)c3ccccc23)CC1. The Hall–Kier alpha value is -1.28. The summed E-state index contributed by atoms with van der Waals surface area (Å²) in [5.41, 5.74) is 4.93. The Bertz CT molecular complexity index is 645. The molecule has 1 aliphatic rings. The van der Waals surface area contributed by atoms with E-state index in [1.807, 2.05) is 0 Å². The summed E-state index contributed by atoms with van der Waals surface area (Å²) in [6.45, 7) is 10.8. The van der Waals surface area contributed by atoms with Crippen molar-refractivity contribution < 1.29 is 0 Å². The van der Waals surface area contributed by atoms with Gasteiger partial charge < -0.3 is 9.47 Å². The third-order valence-electron chi connectivity index (χ3n) is 6.13. The van der Waals surface area contributed by atoms with Crippen molar-refractivity contribution >= 4 is 10.9 Å². The van der Waals surface area contributed by atoms with Gasteiger partial charge in [0.05, 0.1) is 0 Å². The van der Waals surface area contributed by atoms with Crippen LogP contribution in [-0.4, -0.2) is 29.1 Å². The fourth-order valence-electron chi connectivity index (χ4n) is 3.85. The molecule has 2 heteroatoms. The van der Waals surface area contributed by atoms with Crippen molar-refractivity contribution in [1.29, 1.82) is 0 Å². The van der Waals surface area contributed by atoms with Gasteiger partial charge in [0.15, 0.2) is 0 Å². The molecule has 0 saturated carbocycles. The molecule has 2 nitrogen and oxygen atoms in total. The van der Waals surface area contributed by atoms with E-state index in [1.54, 1.807) is 5.56 Å². The number of benzene rings is 1. The number of hydrogen-bond donors (Lipinski definition) is 0. The average molecular weight is 298 g/mol. The number of aryl methyl sites for hydroxylation is 1. The minimum atomic E-state index is 0.589. The van der Waals surface area contributed by atoms with Crippen molar-refractivity contribution in [3.8, 4) is 0 Å². The lowest BCUT2D eigenvalue weighted by Crippen LogP contribution is -2.39. The van der Waals surface area contributed by atoms with Crippen molar-refractivity contribution in [1.82, 2.24) is 9.47 Å². The van der Waals surface area contributed by atoms with Gasteiger partial charge in [-0.3, -0.25) is 0 Å². The lowest BCUT2D eigenvalue weighted by atomic mass is 9.78. The van der Waals surface area contributed by atoms with Crippen molar-refractivity contribution in [2.24, 2.45) is 12.5 Å². The van der Waals surface area contributed by atoms with Crippen LogP contribution in [0.5, 0.6) is 0 Å². The predicted molar refractivity (Wildman–Crippen MR) is 95.4 cm³/mol. The fraction of sp³-hybridized carbons (Fsp3) is 0.600. The molecule has 0 aliphatic carbocycles. The molecular formula is C20H30N2. The highest BCUT2D eigenvalue weighted by atomic mass is 15.1. The number of piperidine rings is 1. The Kier molecular flexibility index (Phi) is 4.31. The second kappa shape index (κ2) is 6.08. The van der Waals surface area contributed by atoms with Gasteiger partial charge in [-0.2, -0.15) is 0 Å². The first-order chi connectivity index (χ1) is 10.5. The zero-order valence-electron chi connectivity index (χ0n) is 14.7. The zero-order valence-corrected chi connectivity index (χ0v) is 14.7. The van der Waals surface area contributed by atoms with E-state index >= 15 is 0 Å². The molecule has 0 spiro atoms. The third kappa shape index (κ3) is 2.81. The first-order valence-electron chi connectivity index (χ1n) is 8.79. The van der Waals surface area contributed by atoms with Crippen LogP contribution in [0.2, 0.25) is 0 Å². The van der Waals surface area contributed by atoms with Gasteiger partial charge in [-0.15, -0.1) is 0 Å². The highest BCUT2D eigenvalue weighted by Gasteiger charge is 2.28. The molecule has 2 heterocycles. The summed E-state index contributed by atoms with van der Waals surface area (Å²) in [5.74, 6) is 0. The monoisotopic (exact) mass is 298 g/mol. The summed E-state index contributed by atoms with van der Waals surface area (Å²) < 4.78 is 2.34. The summed E-state index contributed by atoms with van der Waals surface area (Å²) in [5, 5.41) is 1.44. The van der Waals surface area contributed by atoms with E-state index in [9.17, 15) is 0 Å². The van der Waals surface area contributed by atoms with Crippen LogP contribution in [0, 0.1) is 12.3 Å². The molecule has 1 aromatic carbocycles. The van der Waals surface area contributed by atoms with Gasteiger partial charge in [0, 0.05) is 30.2 Å². The van der Waals surface area contributed by atoms with Crippen molar-refractivity contribution in [3.63, 3.8) is 0 Å². The molecule has 0 bridgehead atoms. The van der Waals surface area contributed by atoms with E-state index in [1.165, 1.54) is 61.9 Å². The highest BCUT2D eigenvalue weighted by Crippen LogP contribution is 2.34. The second-order valence-corrected chi connectivity index (χ2v) is 7.40. The van der Waals surface area contributed by atoms with E-state index in [4.69, 9.17) is 0 Å². The van der Waals surface area contributed by atoms with Crippen molar-refractivity contribution in [3.05, 3.63) is 35.5 Å². The largest absolute Gasteiger partial charge is 0.348 e. The smallest absolute Gasteiger partial charge is 0.0482 e. The minimum absolute atomic E-state index is 0.589. The normalized spacial score (nSPS) is 18.9. The Morgan fingerprint density at radius 1 is 1.14 bits per heavy atom. The number of para-hydroxylation sites is 1. The van der Waals surface area contributed by atoms with E-state index in [2.05, 4.69) is 61.6 Å². The Labute approximate surface area is 135 Å². The molecule has 0 unspecified atom stereocenters. The number of likely N-dealkylation sites (tertiary alicyclic amines) is 1. The molecule has 1 fully saturated rings. The summed E-state index contributed by atoms with van der Waals surface area (Å²) in [7, 11) is 2.19. The van der Waals surface area contributed by atoms with Gasteiger partial charge in [0.25, 0.3) is 0 Å². The molecule has 0 atom stereocenters. The van der Waals surface area contributed by atoms with Crippen LogP contribution in [0.1, 0.15) is 44.4 Å². The quantitative estimate of drug-likeness (QED) is 0.804. The van der Waals surface area contributed by atoms with Crippen LogP contribution in [0.3, 0.4) is 0 Å². The number of rotatable bonds is 4. The summed E-state index contributed by atoms with van der Waals surface area (Å²) in [6, 6.07) is 8.82. The summed E-state index contributed by atoms with van der Waals surface area (Å²) >= 11 is 0. The van der Waals surface area contributed by atoms with Gasteiger partial charge in [-0.25, -0.2) is 0 Å². The van der Waals surface area contributed by atoms with Crippen molar-refractivity contribution in [2.45, 2.75) is 46.5 Å². The first-order valence-corrected chi connectivity index (χ1v) is 8.79. The van der Waals surface area contributed by atoms with Gasteiger partial charge >= 0.3 is 0 Å². The van der Waals surface area contributed by atoms with Crippen LogP contribution in [0.25, 0.3) is 10.9 Å². The molecule has 22 heavy (non-hydrogen) atoms. The predicted octanol–water partition coefficient (Wildman–Crippen LogP) is 4.54. The maximum absolute atomic E-state index is 2.67. The van der Waals surface area contributed by atoms with Gasteiger partial charge in [0.1, 0.15) is 0 Å². The van der Waals surface area contributed by atoms with Crippen LogP contribution >= 0.6 is 0 Å². The Balaban J connectivity index is 1.69. The van der Waals surface area contributed by atoms with Crippen LogP contribution < -0.4 is 0 Å². The molecule has 2 aromatic rings. The van der Waals surface area contributed by atoms with Crippen LogP contribution in [-0.2, 0) is 13.5 Å². The van der Waals surface area contributed by atoms with Gasteiger partial charge in [-0.1, -0.05) is 38.5 Å². The molecule has 0 amide bonds. The number of aromatic nitrogens is 1. The average Bonchev–Trinajstić information content (AvgIpc) is 2.79. The standard InChI is InChI=1S/C20H30N2/c1-5-20(3)11-14-22(15-12-20)13-10-17-16(2)21(4)19-9-7-6-8-18(17)19/h6-9H,5,10-15H2,1-4H3. The first kappa shape index (κ1) is 15.6. The highest BCUT2D eigenvalue weighted by molar-refractivity contribution is 5.85. The van der Waals surface area contributed by atoms with Crippen LogP contribution in [0.4, 0.5) is 0 Å². The Morgan fingerprint density at radius 2 is 1.82 bits per heavy atom. The molecule has 0 radical (unpaired) electrons. The second-order valence-electron chi connectivity index (χ2n) is 7.40. The van der Waals surface area contributed by atoms with E-state index in [0.717, 1.165) is 0 Å². The van der Waals surface area contributed by atoms with Crippen molar-refractivity contribution in [2.75, 3.05) is 19.6 Å². The Morgan fingerprint density at radius 3 is 2.50 bits per heavy atom. The number of hydrogen-bond acceptors (Lipinski definition) is 1. The van der Waals surface area contributed by atoms with Gasteiger partial charge in [-0.05, 0) is 56.3 Å². The molecular weight excluding hydrogens is 268 g/mol. The van der Waals surface area contributed by atoms with E-state index < -0.39 is 0 Å². The molecule has 120 valence electrons. The topological polar surface area (TPSA) is 8.17 Å². The lowest BCUT2D eigenvalue weighted by molar-refractivity contribution is 0.116. The van der Waals surface area contributed by atoms with Crippen LogP contribution in [0.15, 0.2) is 24.3 Å². The number of fused-ring (bicyclic) bond motifs is 1. The minimum Gasteiger partial charge on any atom is -0.348 e. The van der Waals surface area contributed by atoms with E-state index in [0.29, 0.717) is 5.41 Å². The number of nitrogens with zero attached hydrogens (tertiary/aromatic N) is 2. The molecule has 0 N–H and O–H groups in total. The van der Waals surface area contributed by atoms with Gasteiger partial charge in [0.2, 0.25) is 0 Å². The zero-order chi connectivity index (χ0) is 15.7. The lowest BCUT2D eigenvalue weighted by Gasteiger charge is -2.39. The summed E-state index contributed by atoms with van der Waals surface area (Å²) in [4.78, 5) is 2.67. The maximum atomic E-state index is 2.67. The fourth-order valence-corrected chi connectivity index (χ4v) is 3.85. The maximum Gasteiger partial charge on any atom is 0.0482 e.